The fourth-order valence-electron chi connectivity index (χ4n) is 1.69. The van der Waals surface area contributed by atoms with E-state index in [1.165, 1.54) is 0 Å². The molecule has 1 saturated heterocycles. The lowest BCUT2D eigenvalue weighted by molar-refractivity contribution is -0.127. The maximum absolute atomic E-state index is 11.3. The van der Waals surface area contributed by atoms with Gasteiger partial charge in [0.2, 0.25) is 5.91 Å². The minimum atomic E-state index is 0. The van der Waals surface area contributed by atoms with Crippen molar-refractivity contribution in [2.24, 2.45) is 0 Å². The Bertz CT molecular complexity index is 340. The van der Waals surface area contributed by atoms with E-state index >= 15 is 0 Å². The van der Waals surface area contributed by atoms with Gasteiger partial charge in [0.15, 0.2) is 0 Å². The maximum atomic E-state index is 11.3. The van der Waals surface area contributed by atoms with E-state index in [1.807, 2.05) is 11.8 Å². The van der Waals surface area contributed by atoms with Crippen molar-refractivity contribution in [2.75, 3.05) is 13.1 Å². The summed E-state index contributed by atoms with van der Waals surface area (Å²) >= 11 is 1.69. The molecule has 1 aromatic rings. The van der Waals surface area contributed by atoms with E-state index in [9.17, 15) is 4.79 Å². The average Bonchev–Trinajstić information content (AvgIpc) is 2.72. The molecule has 0 N–H and O–H groups in total. The Labute approximate surface area is 99.9 Å². The molecular formula is C10H15ClN2OS. The fourth-order valence-corrected chi connectivity index (χ4v) is 2.45. The van der Waals surface area contributed by atoms with Crippen molar-refractivity contribution < 1.29 is 4.79 Å². The smallest absolute Gasteiger partial charge is 0.222 e. The molecule has 0 bridgehead atoms. The van der Waals surface area contributed by atoms with Crippen molar-refractivity contribution >= 4 is 29.7 Å². The maximum Gasteiger partial charge on any atom is 0.222 e. The summed E-state index contributed by atoms with van der Waals surface area (Å²) in [5.74, 6) is 0.304. The van der Waals surface area contributed by atoms with Crippen molar-refractivity contribution in [1.82, 2.24) is 9.88 Å². The SMILES string of the molecule is Cc1csc(CCN2CCCC2=O)n1.Cl. The lowest BCUT2D eigenvalue weighted by Crippen LogP contribution is -2.26. The van der Waals surface area contributed by atoms with Crippen LogP contribution in [-0.4, -0.2) is 28.9 Å². The highest BCUT2D eigenvalue weighted by atomic mass is 35.5. The minimum absolute atomic E-state index is 0. The first kappa shape index (κ1) is 12.5. The third-order valence-corrected chi connectivity index (χ3v) is 3.46. The molecule has 3 nitrogen and oxygen atoms in total. The molecule has 0 spiro atoms. The number of nitrogens with zero attached hydrogens (tertiary/aromatic N) is 2. The molecule has 2 heterocycles. The van der Waals surface area contributed by atoms with E-state index in [2.05, 4.69) is 10.4 Å². The van der Waals surface area contributed by atoms with Crippen LogP contribution < -0.4 is 0 Å². The van der Waals surface area contributed by atoms with E-state index in [-0.39, 0.29) is 12.4 Å². The normalized spacial score (nSPS) is 15.5. The van der Waals surface area contributed by atoms with Gasteiger partial charge in [-0.2, -0.15) is 0 Å². The molecule has 0 radical (unpaired) electrons. The molecule has 2 rings (SSSR count). The van der Waals surface area contributed by atoms with E-state index in [1.54, 1.807) is 11.3 Å². The van der Waals surface area contributed by atoms with Gasteiger partial charge in [0.25, 0.3) is 0 Å². The van der Waals surface area contributed by atoms with Crippen LogP contribution in [-0.2, 0) is 11.2 Å². The highest BCUT2D eigenvalue weighted by Crippen LogP contribution is 2.13. The summed E-state index contributed by atoms with van der Waals surface area (Å²) in [5, 5.41) is 3.20. The predicted molar refractivity (Wildman–Crippen MR) is 63.6 cm³/mol. The van der Waals surface area contributed by atoms with Gasteiger partial charge < -0.3 is 4.90 Å². The van der Waals surface area contributed by atoms with Crippen molar-refractivity contribution in [3.05, 3.63) is 16.1 Å². The van der Waals surface area contributed by atoms with Gasteiger partial charge in [0, 0.05) is 37.0 Å². The van der Waals surface area contributed by atoms with E-state index in [4.69, 9.17) is 0 Å². The molecule has 0 unspecified atom stereocenters. The average molecular weight is 247 g/mol. The molecule has 0 aromatic carbocycles. The van der Waals surface area contributed by atoms with E-state index in [0.29, 0.717) is 5.91 Å². The van der Waals surface area contributed by atoms with Gasteiger partial charge in [0.1, 0.15) is 0 Å². The topological polar surface area (TPSA) is 33.2 Å². The molecule has 0 saturated carbocycles. The zero-order chi connectivity index (χ0) is 9.97. The summed E-state index contributed by atoms with van der Waals surface area (Å²) in [6, 6.07) is 0. The molecule has 5 heteroatoms. The third kappa shape index (κ3) is 3.18. The number of hydrogen-bond donors (Lipinski definition) is 0. The van der Waals surface area contributed by atoms with Crippen molar-refractivity contribution in [1.29, 1.82) is 0 Å². The number of aromatic nitrogens is 1. The molecule has 0 aliphatic carbocycles. The number of hydrogen-bond acceptors (Lipinski definition) is 3. The number of halogens is 1. The highest BCUT2D eigenvalue weighted by molar-refractivity contribution is 7.09. The first-order chi connectivity index (χ1) is 6.75. The molecule has 1 aliphatic heterocycles. The van der Waals surface area contributed by atoms with Crippen LogP contribution in [0.2, 0.25) is 0 Å². The van der Waals surface area contributed by atoms with Gasteiger partial charge >= 0.3 is 0 Å². The van der Waals surface area contributed by atoms with Crippen LogP contribution in [0, 0.1) is 6.92 Å². The first-order valence-corrected chi connectivity index (χ1v) is 5.82. The number of rotatable bonds is 3. The van der Waals surface area contributed by atoms with Crippen molar-refractivity contribution in [2.45, 2.75) is 26.2 Å². The number of thiazole rings is 1. The minimum Gasteiger partial charge on any atom is -0.342 e. The Morgan fingerprint density at radius 3 is 2.93 bits per heavy atom. The summed E-state index contributed by atoms with van der Waals surface area (Å²) in [4.78, 5) is 17.6. The Hall–Kier alpha value is -0.610. The summed E-state index contributed by atoms with van der Waals surface area (Å²) < 4.78 is 0. The number of carbonyl (C=O) groups is 1. The van der Waals surface area contributed by atoms with E-state index in [0.717, 1.165) is 43.1 Å². The predicted octanol–water partition coefficient (Wildman–Crippen LogP) is 2.04. The van der Waals surface area contributed by atoms with Crippen LogP contribution in [0.1, 0.15) is 23.5 Å². The fraction of sp³-hybridized carbons (Fsp3) is 0.600. The molecule has 1 fully saturated rings. The van der Waals surface area contributed by atoms with E-state index < -0.39 is 0 Å². The molecule has 84 valence electrons. The summed E-state index contributed by atoms with van der Waals surface area (Å²) in [6.07, 6.45) is 2.66. The number of carbonyl (C=O) groups excluding carboxylic acids is 1. The second kappa shape index (κ2) is 5.47. The van der Waals surface area contributed by atoms with Crippen LogP contribution in [0.3, 0.4) is 0 Å². The van der Waals surface area contributed by atoms with Crippen molar-refractivity contribution in [3.8, 4) is 0 Å². The molecule has 0 atom stereocenters. The lowest BCUT2D eigenvalue weighted by atomic mass is 10.4. The highest BCUT2D eigenvalue weighted by Gasteiger charge is 2.19. The lowest BCUT2D eigenvalue weighted by Gasteiger charge is -2.13. The standard InChI is InChI=1S/C10H14N2OS.ClH/c1-8-7-14-9(11-8)4-6-12-5-2-3-10(12)13;/h7H,2-6H2,1H3;1H. The molecule has 1 aliphatic rings. The molecular weight excluding hydrogens is 232 g/mol. The number of amides is 1. The van der Waals surface area contributed by atoms with Crippen LogP contribution in [0.15, 0.2) is 5.38 Å². The van der Waals surface area contributed by atoms with Crippen LogP contribution in [0.4, 0.5) is 0 Å². The van der Waals surface area contributed by atoms with Gasteiger partial charge in [0.05, 0.1) is 5.01 Å². The zero-order valence-electron chi connectivity index (χ0n) is 8.73. The van der Waals surface area contributed by atoms with Crippen LogP contribution >= 0.6 is 23.7 Å². The second-order valence-electron chi connectivity index (χ2n) is 3.62. The summed E-state index contributed by atoms with van der Waals surface area (Å²) in [6.45, 7) is 3.77. The Morgan fingerprint density at radius 1 is 1.60 bits per heavy atom. The monoisotopic (exact) mass is 246 g/mol. The van der Waals surface area contributed by atoms with Gasteiger partial charge in [-0.05, 0) is 13.3 Å². The van der Waals surface area contributed by atoms with Gasteiger partial charge in [-0.3, -0.25) is 4.79 Å². The van der Waals surface area contributed by atoms with Crippen molar-refractivity contribution in [3.63, 3.8) is 0 Å². The largest absolute Gasteiger partial charge is 0.342 e. The van der Waals surface area contributed by atoms with Gasteiger partial charge in [-0.15, -0.1) is 23.7 Å². The van der Waals surface area contributed by atoms with Gasteiger partial charge in [-0.25, -0.2) is 4.98 Å². The molecule has 1 aromatic heterocycles. The Kier molecular flexibility index (Phi) is 4.54. The number of aryl methyl sites for hydroxylation is 1. The summed E-state index contributed by atoms with van der Waals surface area (Å²) in [5.41, 5.74) is 1.08. The Morgan fingerprint density at radius 2 is 2.40 bits per heavy atom. The van der Waals surface area contributed by atoms with Gasteiger partial charge in [-0.1, -0.05) is 0 Å². The molecule has 15 heavy (non-hydrogen) atoms. The first-order valence-electron chi connectivity index (χ1n) is 4.94. The number of likely N-dealkylation sites (tertiary alicyclic amines) is 1. The van der Waals surface area contributed by atoms with Crippen LogP contribution in [0.5, 0.6) is 0 Å². The van der Waals surface area contributed by atoms with Crippen LogP contribution in [0.25, 0.3) is 0 Å². The zero-order valence-corrected chi connectivity index (χ0v) is 10.4. The second-order valence-corrected chi connectivity index (χ2v) is 4.56. The quantitative estimate of drug-likeness (QED) is 0.818. The molecule has 1 amide bonds. The Balaban J connectivity index is 0.00000112. The summed E-state index contributed by atoms with van der Waals surface area (Å²) in [7, 11) is 0. The third-order valence-electron chi connectivity index (χ3n) is 2.43.